The predicted molar refractivity (Wildman–Crippen MR) is 72.3 cm³/mol. The van der Waals surface area contributed by atoms with Crippen molar-refractivity contribution in [3.8, 4) is 5.75 Å². The van der Waals surface area contributed by atoms with E-state index in [-0.39, 0.29) is 5.54 Å². The predicted octanol–water partition coefficient (Wildman–Crippen LogP) is 3.35. The molecule has 90 valence electrons. The summed E-state index contributed by atoms with van der Waals surface area (Å²) in [7, 11) is 1.71. The van der Waals surface area contributed by atoms with Crippen molar-refractivity contribution in [3.63, 3.8) is 0 Å². The van der Waals surface area contributed by atoms with Gasteiger partial charge in [0.25, 0.3) is 0 Å². The highest BCUT2D eigenvalue weighted by Crippen LogP contribution is 2.19. The van der Waals surface area contributed by atoms with E-state index < -0.39 is 0 Å². The average molecular weight is 286 g/mol. The number of alkyl halides is 1. The summed E-state index contributed by atoms with van der Waals surface area (Å²) in [5.74, 6) is 0.949. The van der Waals surface area contributed by atoms with Gasteiger partial charge < -0.3 is 10.1 Å². The Morgan fingerprint density at radius 3 is 2.62 bits per heavy atom. The van der Waals surface area contributed by atoms with Gasteiger partial charge in [-0.05, 0) is 26.3 Å². The first-order valence-electron chi connectivity index (χ1n) is 5.52. The smallest absolute Gasteiger partial charge is 0.123 e. The van der Waals surface area contributed by atoms with Crippen molar-refractivity contribution in [2.45, 2.75) is 32.4 Å². The van der Waals surface area contributed by atoms with E-state index in [1.54, 1.807) is 7.11 Å². The zero-order chi connectivity index (χ0) is 12.0. The summed E-state index contributed by atoms with van der Waals surface area (Å²) in [4.78, 5) is 0. The summed E-state index contributed by atoms with van der Waals surface area (Å²) < 4.78 is 5.32. The molecule has 0 atom stereocenters. The third-order valence-electron chi connectivity index (χ3n) is 2.67. The van der Waals surface area contributed by atoms with Crippen LogP contribution in [0.3, 0.4) is 0 Å². The summed E-state index contributed by atoms with van der Waals surface area (Å²) in [6.45, 7) is 5.26. The largest absolute Gasteiger partial charge is 0.496 e. The van der Waals surface area contributed by atoms with Crippen LogP contribution < -0.4 is 10.1 Å². The molecule has 0 saturated heterocycles. The topological polar surface area (TPSA) is 21.3 Å². The van der Waals surface area contributed by atoms with Gasteiger partial charge in [0.15, 0.2) is 0 Å². The van der Waals surface area contributed by atoms with Crippen molar-refractivity contribution in [2.24, 2.45) is 0 Å². The number of halogens is 1. The van der Waals surface area contributed by atoms with E-state index in [2.05, 4.69) is 41.2 Å². The first kappa shape index (κ1) is 13.5. The molecule has 0 saturated carbocycles. The molecule has 16 heavy (non-hydrogen) atoms. The maximum atomic E-state index is 5.32. The van der Waals surface area contributed by atoms with Crippen LogP contribution in [0.4, 0.5) is 0 Å². The molecule has 0 bridgehead atoms. The summed E-state index contributed by atoms with van der Waals surface area (Å²) >= 11 is 3.47. The lowest BCUT2D eigenvalue weighted by Crippen LogP contribution is -2.39. The van der Waals surface area contributed by atoms with E-state index in [1.165, 1.54) is 5.56 Å². The van der Waals surface area contributed by atoms with Crippen LogP contribution in [0.5, 0.6) is 5.75 Å². The van der Waals surface area contributed by atoms with Gasteiger partial charge in [-0.3, -0.25) is 0 Å². The highest BCUT2D eigenvalue weighted by molar-refractivity contribution is 9.09. The van der Waals surface area contributed by atoms with Gasteiger partial charge in [0.2, 0.25) is 0 Å². The SMILES string of the molecule is COc1ccccc1CNC(C)(C)CCBr. The lowest BCUT2D eigenvalue weighted by molar-refractivity contribution is 0.367. The van der Waals surface area contributed by atoms with Gasteiger partial charge in [0, 0.05) is 23.0 Å². The van der Waals surface area contributed by atoms with Crippen molar-refractivity contribution in [2.75, 3.05) is 12.4 Å². The number of ether oxygens (including phenoxy) is 1. The Morgan fingerprint density at radius 2 is 2.00 bits per heavy atom. The number of hydrogen-bond acceptors (Lipinski definition) is 2. The Morgan fingerprint density at radius 1 is 1.31 bits per heavy atom. The Bertz CT molecular complexity index is 325. The molecule has 2 nitrogen and oxygen atoms in total. The molecule has 1 N–H and O–H groups in total. The zero-order valence-electron chi connectivity index (χ0n) is 10.2. The first-order chi connectivity index (χ1) is 7.59. The van der Waals surface area contributed by atoms with E-state index >= 15 is 0 Å². The van der Waals surface area contributed by atoms with Crippen molar-refractivity contribution in [3.05, 3.63) is 29.8 Å². The van der Waals surface area contributed by atoms with Crippen LogP contribution in [-0.2, 0) is 6.54 Å². The number of benzene rings is 1. The van der Waals surface area contributed by atoms with Crippen LogP contribution >= 0.6 is 15.9 Å². The molecule has 0 aliphatic carbocycles. The molecule has 0 radical (unpaired) electrons. The zero-order valence-corrected chi connectivity index (χ0v) is 11.8. The van der Waals surface area contributed by atoms with E-state index in [4.69, 9.17) is 4.74 Å². The quantitative estimate of drug-likeness (QED) is 0.810. The summed E-state index contributed by atoms with van der Waals surface area (Å²) in [5.41, 5.74) is 1.34. The van der Waals surface area contributed by atoms with E-state index in [1.807, 2.05) is 18.2 Å². The van der Waals surface area contributed by atoms with Gasteiger partial charge in [-0.25, -0.2) is 0 Å². The van der Waals surface area contributed by atoms with Crippen molar-refractivity contribution in [1.29, 1.82) is 0 Å². The highest BCUT2D eigenvalue weighted by atomic mass is 79.9. The van der Waals surface area contributed by atoms with Gasteiger partial charge in [-0.15, -0.1) is 0 Å². The maximum Gasteiger partial charge on any atom is 0.123 e. The molecule has 1 aromatic rings. The van der Waals surface area contributed by atoms with Gasteiger partial charge in [-0.1, -0.05) is 34.1 Å². The Hall–Kier alpha value is -0.540. The fourth-order valence-corrected chi connectivity index (χ4v) is 2.50. The molecule has 3 heteroatoms. The molecule has 0 aromatic heterocycles. The number of rotatable bonds is 6. The minimum absolute atomic E-state index is 0.143. The second kappa shape index (κ2) is 6.26. The van der Waals surface area contributed by atoms with E-state index in [0.29, 0.717) is 0 Å². The molecule has 0 spiro atoms. The molecule has 0 aliphatic heterocycles. The maximum absolute atomic E-state index is 5.32. The molecular formula is C13H20BrNO. The van der Waals surface area contributed by atoms with Crippen LogP contribution in [0.2, 0.25) is 0 Å². The minimum atomic E-state index is 0.143. The normalized spacial score (nSPS) is 11.5. The van der Waals surface area contributed by atoms with E-state index in [9.17, 15) is 0 Å². The Kier molecular flexibility index (Phi) is 5.29. The lowest BCUT2D eigenvalue weighted by Gasteiger charge is -2.26. The van der Waals surface area contributed by atoms with Crippen molar-refractivity contribution in [1.82, 2.24) is 5.32 Å². The fraction of sp³-hybridized carbons (Fsp3) is 0.538. The van der Waals surface area contributed by atoms with Crippen molar-refractivity contribution < 1.29 is 4.74 Å². The molecule has 0 fully saturated rings. The van der Waals surface area contributed by atoms with Crippen LogP contribution in [-0.4, -0.2) is 18.0 Å². The second-order valence-corrected chi connectivity index (χ2v) is 5.28. The van der Waals surface area contributed by atoms with Crippen molar-refractivity contribution >= 4 is 15.9 Å². The van der Waals surface area contributed by atoms with Gasteiger partial charge in [-0.2, -0.15) is 0 Å². The molecule has 1 aromatic carbocycles. The number of nitrogens with one attached hydrogen (secondary N) is 1. The molecule has 1 rings (SSSR count). The standard InChI is InChI=1S/C13H20BrNO/c1-13(2,8-9-14)15-10-11-6-4-5-7-12(11)16-3/h4-7,15H,8-10H2,1-3H3. The van der Waals surface area contributed by atoms with Gasteiger partial charge in [0.1, 0.15) is 5.75 Å². The van der Waals surface area contributed by atoms with E-state index in [0.717, 1.165) is 24.0 Å². The third-order valence-corrected chi connectivity index (χ3v) is 3.07. The Balaban J connectivity index is 2.60. The van der Waals surface area contributed by atoms with Crippen LogP contribution in [0.15, 0.2) is 24.3 Å². The van der Waals surface area contributed by atoms with Crippen LogP contribution in [0.25, 0.3) is 0 Å². The van der Waals surface area contributed by atoms with Gasteiger partial charge >= 0.3 is 0 Å². The van der Waals surface area contributed by atoms with Gasteiger partial charge in [0.05, 0.1) is 7.11 Å². The third kappa shape index (κ3) is 4.14. The minimum Gasteiger partial charge on any atom is -0.496 e. The Labute approximate surface area is 107 Å². The summed E-state index contributed by atoms with van der Waals surface area (Å²) in [6, 6.07) is 8.12. The number of para-hydroxylation sites is 1. The number of methoxy groups -OCH3 is 1. The lowest BCUT2D eigenvalue weighted by atomic mass is 10.0. The number of hydrogen-bond donors (Lipinski definition) is 1. The molecule has 0 aliphatic rings. The molecule has 0 unspecified atom stereocenters. The fourth-order valence-electron chi connectivity index (χ4n) is 1.51. The molecule has 0 amide bonds. The monoisotopic (exact) mass is 285 g/mol. The first-order valence-corrected chi connectivity index (χ1v) is 6.64. The van der Waals surface area contributed by atoms with Crippen LogP contribution in [0.1, 0.15) is 25.8 Å². The molecule has 0 heterocycles. The second-order valence-electron chi connectivity index (χ2n) is 4.49. The van der Waals surface area contributed by atoms with Crippen LogP contribution in [0, 0.1) is 0 Å². The highest BCUT2D eigenvalue weighted by Gasteiger charge is 2.16. The summed E-state index contributed by atoms with van der Waals surface area (Å²) in [6.07, 6.45) is 1.10. The molecular weight excluding hydrogens is 266 g/mol. The average Bonchev–Trinajstić information content (AvgIpc) is 2.27. The summed E-state index contributed by atoms with van der Waals surface area (Å²) in [5, 5.41) is 4.55.